The molecule has 0 N–H and O–H groups in total. The maximum Gasteiger partial charge on any atom is 0.170 e. The summed E-state index contributed by atoms with van der Waals surface area (Å²) in [7, 11) is 0. The molecule has 2 aliphatic rings. The Morgan fingerprint density at radius 1 is 1.00 bits per heavy atom. The molecule has 1 fully saturated rings. The van der Waals surface area contributed by atoms with Crippen LogP contribution in [0.5, 0.6) is 5.75 Å². The third-order valence-electron chi connectivity index (χ3n) is 5.90. The second kappa shape index (κ2) is 7.77. The molecule has 31 heavy (non-hydrogen) atoms. The summed E-state index contributed by atoms with van der Waals surface area (Å²) in [6.07, 6.45) is 1.64. The Bertz CT molecular complexity index is 1140. The summed E-state index contributed by atoms with van der Waals surface area (Å²) in [5, 5.41) is 9.42. The van der Waals surface area contributed by atoms with E-state index >= 15 is 0 Å². The normalized spacial score (nSPS) is 17.4. The summed E-state index contributed by atoms with van der Waals surface area (Å²) in [5.74, 6) is 0.904. The number of piperidine rings is 1. The summed E-state index contributed by atoms with van der Waals surface area (Å²) < 4.78 is 19.4. The number of anilines is 1. The number of ether oxygens (including phenoxy) is 1. The van der Waals surface area contributed by atoms with E-state index in [4.69, 9.17) is 27.9 Å². The first-order valence-electron chi connectivity index (χ1n) is 9.98. The Morgan fingerprint density at radius 2 is 1.74 bits per heavy atom. The highest BCUT2D eigenvalue weighted by Crippen LogP contribution is 2.44. The van der Waals surface area contributed by atoms with Crippen LogP contribution in [0.25, 0.3) is 11.3 Å². The molecule has 1 aromatic heterocycles. The van der Waals surface area contributed by atoms with Gasteiger partial charge in [-0.15, -0.1) is 10.2 Å². The van der Waals surface area contributed by atoms with Gasteiger partial charge in [0.2, 0.25) is 0 Å². The predicted molar refractivity (Wildman–Crippen MR) is 118 cm³/mol. The molecule has 0 bridgehead atoms. The molecule has 0 aliphatic carbocycles. The lowest BCUT2D eigenvalue weighted by Crippen LogP contribution is -2.51. The molecule has 3 aromatic rings. The molecule has 0 radical (unpaired) electrons. The number of rotatable bonds is 2. The maximum atomic E-state index is 13.1. The zero-order valence-corrected chi connectivity index (χ0v) is 18.0. The average Bonchev–Trinajstić information content (AvgIpc) is 2.76. The van der Waals surface area contributed by atoms with Crippen molar-refractivity contribution in [1.29, 1.82) is 0 Å². The Balaban J connectivity index is 1.30. The number of carbonyl (C=O) groups excluding carboxylic acids is 1. The van der Waals surface area contributed by atoms with Gasteiger partial charge in [-0.2, -0.15) is 0 Å². The fourth-order valence-electron chi connectivity index (χ4n) is 4.20. The Kier molecular flexibility index (Phi) is 5.07. The van der Waals surface area contributed by atoms with Crippen LogP contribution in [0.3, 0.4) is 0 Å². The van der Waals surface area contributed by atoms with Crippen molar-refractivity contribution in [2.75, 3.05) is 18.0 Å². The van der Waals surface area contributed by atoms with Gasteiger partial charge in [0.25, 0.3) is 0 Å². The van der Waals surface area contributed by atoms with Crippen LogP contribution >= 0.6 is 23.2 Å². The Labute approximate surface area is 188 Å². The van der Waals surface area contributed by atoms with Gasteiger partial charge in [0, 0.05) is 36.5 Å². The fourth-order valence-corrected chi connectivity index (χ4v) is 4.73. The van der Waals surface area contributed by atoms with Crippen LogP contribution in [0, 0.1) is 5.82 Å². The van der Waals surface area contributed by atoms with Gasteiger partial charge in [-0.25, -0.2) is 4.39 Å². The van der Waals surface area contributed by atoms with Gasteiger partial charge in [-0.05, 0) is 48.5 Å². The SMILES string of the molecule is O=C1CC2(CCN(c3ccc(-c4ccc(F)cc4)nn3)CC2)Oc2c(Cl)cc(Cl)cc21. The van der Waals surface area contributed by atoms with Crippen LogP contribution in [0.1, 0.15) is 29.6 Å². The van der Waals surface area contributed by atoms with Crippen molar-refractivity contribution in [1.82, 2.24) is 10.2 Å². The molecular weight excluding hydrogens is 440 g/mol. The summed E-state index contributed by atoms with van der Waals surface area (Å²) in [6, 6.07) is 13.2. The van der Waals surface area contributed by atoms with Crippen LogP contribution in [0.4, 0.5) is 10.2 Å². The minimum Gasteiger partial charge on any atom is -0.484 e. The number of nitrogens with zero attached hydrogens (tertiary/aromatic N) is 3. The number of aromatic nitrogens is 2. The lowest BCUT2D eigenvalue weighted by atomic mass is 9.82. The minimum absolute atomic E-state index is 0.00235. The van der Waals surface area contributed by atoms with E-state index in [9.17, 15) is 9.18 Å². The predicted octanol–water partition coefficient (Wildman–Crippen LogP) is 5.59. The highest BCUT2D eigenvalue weighted by molar-refractivity contribution is 6.36. The summed E-state index contributed by atoms with van der Waals surface area (Å²) in [4.78, 5) is 14.9. The fraction of sp³-hybridized carbons (Fsp3) is 0.261. The lowest BCUT2D eigenvalue weighted by Gasteiger charge is -2.44. The van der Waals surface area contributed by atoms with Crippen molar-refractivity contribution < 1.29 is 13.9 Å². The van der Waals surface area contributed by atoms with E-state index in [-0.39, 0.29) is 11.6 Å². The molecule has 8 heteroatoms. The van der Waals surface area contributed by atoms with E-state index in [2.05, 4.69) is 15.1 Å². The van der Waals surface area contributed by atoms with Gasteiger partial charge in [-0.1, -0.05) is 23.2 Å². The molecule has 1 saturated heterocycles. The molecule has 158 valence electrons. The van der Waals surface area contributed by atoms with E-state index < -0.39 is 5.60 Å². The Morgan fingerprint density at radius 3 is 2.42 bits per heavy atom. The molecule has 2 aliphatic heterocycles. The molecule has 0 unspecified atom stereocenters. The van der Waals surface area contributed by atoms with Gasteiger partial charge in [0.15, 0.2) is 11.6 Å². The highest BCUT2D eigenvalue weighted by atomic mass is 35.5. The highest BCUT2D eigenvalue weighted by Gasteiger charge is 2.44. The third-order valence-corrected chi connectivity index (χ3v) is 6.40. The van der Waals surface area contributed by atoms with Crippen molar-refractivity contribution in [3.8, 4) is 17.0 Å². The molecule has 1 spiro atoms. The van der Waals surface area contributed by atoms with Crippen molar-refractivity contribution in [3.63, 3.8) is 0 Å². The number of Topliss-reactive ketones (excluding diaryl/α,β-unsaturated/α-hetero) is 1. The lowest BCUT2D eigenvalue weighted by molar-refractivity contribution is 0.0232. The van der Waals surface area contributed by atoms with Crippen LogP contribution in [-0.2, 0) is 0 Å². The second-order valence-electron chi connectivity index (χ2n) is 7.92. The van der Waals surface area contributed by atoms with E-state index in [1.54, 1.807) is 24.3 Å². The molecule has 0 amide bonds. The van der Waals surface area contributed by atoms with E-state index in [0.717, 1.165) is 11.4 Å². The van der Waals surface area contributed by atoms with Crippen LogP contribution < -0.4 is 9.64 Å². The van der Waals surface area contributed by atoms with Gasteiger partial charge < -0.3 is 9.64 Å². The number of hydrogen-bond donors (Lipinski definition) is 0. The summed E-state index contributed by atoms with van der Waals surface area (Å²) in [5.41, 5.74) is 1.37. The number of carbonyl (C=O) groups is 1. The van der Waals surface area contributed by atoms with Gasteiger partial charge in [-0.3, -0.25) is 4.79 Å². The number of fused-ring (bicyclic) bond motifs is 1. The quantitative estimate of drug-likeness (QED) is 0.501. The van der Waals surface area contributed by atoms with Crippen molar-refractivity contribution >= 4 is 34.8 Å². The van der Waals surface area contributed by atoms with Gasteiger partial charge >= 0.3 is 0 Å². The number of ketones is 1. The molecular formula is C23H18Cl2FN3O2. The number of benzene rings is 2. The zero-order chi connectivity index (χ0) is 21.6. The molecule has 2 aromatic carbocycles. The van der Waals surface area contributed by atoms with Gasteiger partial charge in [0.05, 0.1) is 22.7 Å². The van der Waals surface area contributed by atoms with Crippen molar-refractivity contribution in [2.45, 2.75) is 24.9 Å². The van der Waals surface area contributed by atoms with Crippen LogP contribution in [0.2, 0.25) is 10.0 Å². The Hall–Kier alpha value is -2.70. The first-order chi connectivity index (χ1) is 14.9. The first kappa shape index (κ1) is 20.2. The molecule has 5 nitrogen and oxygen atoms in total. The standard InChI is InChI=1S/C23H18Cl2FN3O2/c24-15-11-17-20(30)13-23(31-22(17)18(25)12-15)7-9-29(10-8-23)21-6-5-19(27-28-21)14-1-3-16(26)4-2-14/h1-6,11-12H,7-10,13H2. The number of halogens is 3. The van der Waals surface area contributed by atoms with Crippen LogP contribution in [-0.4, -0.2) is 34.7 Å². The summed E-state index contributed by atoms with van der Waals surface area (Å²) >= 11 is 12.3. The van der Waals surface area contributed by atoms with E-state index in [1.807, 2.05) is 12.1 Å². The van der Waals surface area contributed by atoms with E-state index in [1.165, 1.54) is 12.1 Å². The monoisotopic (exact) mass is 457 g/mol. The third kappa shape index (κ3) is 3.86. The molecule has 3 heterocycles. The first-order valence-corrected chi connectivity index (χ1v) is 10.7. The van der Waals surface area contributed by atoms with E-state index in [0.29, 0.717) is 59.4 Å². The van der Waals surface area contributed by atoms with Crippen molar-refractivity contribution in [3.05, 3.63) is 70.0 Å². The average molecular weight is 458 g/mol. The second-order valence-corrected chi connectivity index (χ2v) is 8.76. The molecule has 0 atom stereocenters. The summed E-state index contributed by atoms with van der Waals surface area (Å²) in [6.45, 7) is 1.36. The van der Waals surface area contributed by atoms with Crippen molar-refractivity contribution in [2.24, 2.45) is 0 Å². The smallest absolute Gasteiger partial charge is 0.170 e. The maximum absolute atomic E-state index is 13.1. The number of hydrogen-bond acceptors (Lipinski definition) is 5. The zero-order valence-electron chi connectivity index (χ0n) is 16.4. The largest absolute Gasteiger partial charge is 0.484 e. The van der Waals surface area contributed by atoms with Gasteiger partial charge in [0.1, 0.15) is 17.2 Å². The molecule has 5 rings (SSSR count). The molecule has 0 saturated carbocycles. The minimum atomic E-state index is -0.570. The topological polar surface area (TPSA) is 55.3 Å². The van der Waals surface area contributed by atoms with Crippen LogP contribution in [0.15, 0.2) is 48.5 Å².